The van der Waals surface area contributed by atoms with Crippen molar-refractivity contribution in [3.8, 4) is 0 Å². The molecule has 0 aliphatic carbocycles. The van der Waals surface area contributed by atoms with Crippen LogP contribution in [-0.4, -0.2) is 12.1 Å². The summed E-state index contributed by atoms with van der Waals surface area (Å²) in [5.74, 6) is 0. The van der Waals surface area contributed by atoms with E-state index in [1.807, 2.05) is 0 Å². The molecular formula is C10H8F3NS. The van der Waals surface area contributed by atoms with E-state index in [4.69, 9.17) is 0 Å². The first-order valence-electron chi connectivity index (χ1n) is 4.35. The first kappa shape index (κ1) is 10.4. The number of rotatable bonds is 1. The minimum absolute atomic E-state index is 0.0585. The summed E-state index contributed by atoms with van der Waals surface area (Å²) in [4.78, 5) is 0.275. The van der Waals surface area contributed by atoms with Crippen molar-refractivity contribution in [2.45, 2.75) is 5.51 Å². The summed E-state index contributed by atoms with van der Waals surface area (Å²) in [6.07, 6.45) is 1.56. The van der Waals surface area contributed by atoms with E-state index in [1.165, 1.54) is 0 Å². The van der Waals surface area contributed by atoms with E-state index in [1.54, 1.807) is 30.3 Å². The van der Waals surface area contributed by atoms with Gasteiger partial charge in [-0.25, -0.2) is 0 Å². The topological polar surface area (TPSA) is 12.0 Å². The maximum atomic E-state index is 12.2. The van der Waals surface area contributed by atoms with Gasteiger partial charge in [-0.1, -0.05) is 24.3 Å². The van der Waals surface area contributed by atoms with Gasteiger partial charge in [0.05, 0.1) is 0 Å². The van der Waals surface area contributed by atoms with Crippen molar-refractivity contribution in [1.29, 1.82) is 0 Å². The van der Waals surface area contributed by atoms with Crippen molar-refractivity contribution in [2.75, 3.05) is 11.9 Å². The number of halogens is 3. The molecule has 5 heteroatoms. The molecule has 0 radical (unpaired) electrons. The molecule has 0 saturated carbocycles. The molecule has 0 saturated heterocycles. The summed E-state index contributed by atoms with van der Waals surface area (Å²) in [6, 6.07) is 7.00. The van der Waals surface area contributed by atoms with Gasteiger partial charge in [0.2, 0.25) is 0 Å². The van der Waals surface area contributed by atoms with E-state index in [0.29, 0.717) is 12.1 Å². The van der Waals surface area contributed by atoms with Crippen LogP contribution < -0.4 is 5.32 Å². The molecule has 15 heavy (non-hydrogen) atoms. The molecule has 1 N–H and O–H groups in total. The van der Waals surface area contributed by atoms with Crippen LogP contribution in [0.25, 0.3) is 4.91 Å². The van der Waals surface area contributed by atoms with Gasteiger partial charge in [0.15, 0.2) is 0 Å². The Morgan fingerprint density at radius 3 is 2.67 bits per heavy atom. The van der Waals surface area contributed by atoms with E-state index in [0.717, 1.165) is 5.69 Å². The number of anilines is 1. The monoisotopic (exact) mass is 231 g/mol. The van der Waals surface area contributed by atoms with Gasteiger partial charge in [0.25, 0.3) is 0 Å². The van der Waals surface area contributed by atoms with Crippen LogP contribution >= 0.6 is 11.8 Å². The molecule has 0 atom stereocenters. The van der Waals surface area contributed by atoms with Crippen molar-refractivity contribution in [2.24, 2.45) is 0 Å². The van der Waals surface area contributed by atoms with Crippen LogP contribution in [0.15, 0.2) is 30.3 Å². The van der Waals surface area contributed by atoms with Gasteiger partial charge in [0.1, 0.15) is 0 Å². The quantitative estimate of drug-likeness (QED) is 0.790. The van der Waals surface area contributed by atoms with E-state index in [9.17, 15) is 13.2 Å². The molecule has 0 amide bonds. The number of nitrogens with one attached hydrogen (secondary N) is 1. The van der Waals surface area contributed by atoms with Crippen molar-refractivity contribution in [3.63, 3.8) is 0 Å². The Balaban J connectivity index is 2.31. The second-order valence-electron chi connectivity index (χ2n) is 3.04. The smallest absolute Gasteiger partial charge is 0.381 e. The summed E-state index contributed by atoms with van der Waals surface area (Å²) < 4.78 is 36.7. The molecule has 80 valence electrons. The molecule has 0 spiro atoms. The lowest BCUT2D eigenvalue weighted by atomic mass is 10.1. The number of para-hydroxylation sites is 1. The highest BCUT2D eigenvalue weighted by Gasteiger charge is 2.32. The molecule has 1 aliphatic rings. The van der Waals surface area contributed by atoms with E-state index < -0.39 is 5.51 Å². The highest BCUT2D eigenvalue weighted by Crippen LogP contribution is 2.44. The zero-order chi connectivity index (χ0) is 10.9. The number of hydrogen-bond donors (Lipinski definition) is 1. The van der Waals surface area contributed by atoms with Gasteiger partial charge in [-0.2, -0.15) is 13.2 Å². The van der Waals surface area contributed by atoms with E-state index in [-0.39, 0.29) is 16.7 Å². The molecule has 1 heterocycles. The predicted molar refractivity (Wildman–Crippen MR) is 56.6 cm³/mol. The fourth-order valence-electron chi connectivity index (χ4n) is 1.44. The highest BCUT2D eigenvalue weighted by molar-refractivity contribution is 8.09. The maximum absolute atomic E-state index is 12.2. The van der Waals surface area contributed by atoms with Gasteiger partial charge in [-0.15, -0.1) is 0 Å². The number of thioether (sulfide) groups is 1. The van der Waals surface area contributed by atoms with Gasteiger partial charge in [0, 0.05) is 22.7 Å². The van der Waals surface area contributed by atoms with Gasteiger partial charge >= 0.3 is 5.51 Å². The minimum Gasteiger partial charge on any atom is -0.381 e. The molecule has 1 nitrogen and oxygen atoms in total. The lowest BCUT2D eigenvalue weighted by Gasteiger charge is -2.19. The van der Waals surface area contributed by atoms with Crippen LogP contribution in [0.1, 0.15) is 5.56 Å². The van der Waals surface area contributed by atoms with Crippen LogP contribution in [0.4, 0.5) is 18.9 Å². The van der Waals surface area contributed by atoms with Gasteiger partial charge in [-0.3, -0.25) is 0 Å². The van der Waals surface area contributed by atoms with Crippen LogP contribution in [0.5, 0.6) is 0 Å². The van der Waals surface area contributed by atoms with Gasteiger partial charge in [-0.05, 0) is 17.8 Å². The molecule has 1 aromatic rings. The third-order valence-corrected chi connectivity index (χ3v) is 2.84. The number of hydrogen-bond acceptors (Lipinski definition) is 2. The van der Waals surface area contributed by atoms with Crippen LogP contribution in [0, 0.1) is 0 Å². The fraction of sp³-hybridized carbons (Fsp3) is 0.200. The first-order valence-corrected chi connectivity index (χ1v) is 5.17. The molecule has 0 bridgehead atoms. The molecular weight excluding hydrogens is 223 g/mol. The molecule has 0 unspecified atom stereocenters. The van der Waals surface area contributed by atoms with Crippen LogP contribution in [-0.2, 0) is 0 Å². The summed E-state index contributed by atoms with van der Waals surface area (Å²) in [7, 11) is 0. The summed E-state index contributed by atoms with van der Waals surface area (Å²) in [6.45, 7) is 0.440. The number of benzene rings is 1. The zero-order valence-corrected chi connectivity index (χ0v) is 8.45. The lowest BCUT2D eigenvalue weighted by Crippen LogP contribution is -2.09. The Bertz CT molecular complexity index is 398. The lowest BCUT2D eigenvalue weighted by molar-refractivity contribution is -0.0317. The highest BCUT2D eigenvalue weighted by atomic mass is 32.2. The average Bonchev–Trinajstić information content (AvgIpc) is 2.16. The maximum Gasteiger partial charge on any atom is 0.446 e. The van der Waals surface area contributed by atoms with Crippen molar-refractivity contribution in [3.05, 3.63) is 35.9 Å². The molecule has 0 fully saturated rings. The first-order chi connectivity index (χ1) is 7.06. The third-order valence-electron chi connectivity index (χ3n) is 2.00. The Morgan fingerprint density at radius 1 is 1.20 bits per heavy atom. The van der Waals surface area contributed by atoms with Crippen molar-refractivity contribution in [1.82, 2.24) is 0 Å². The average molecular weight is 231 g/mol. The van der Waals surface area contributed by atoms with Crippen molar-refractivity contribution < 1.29 is 13.2 Å². The fourth-order valence-corrected chi connectivity index (χ4v) is 2.14. The Labute approximate surface area is 89.4 Å². The van der Waals surface area contributed by atoms with Crippen LogP contribution in [0.2, 0.25) is 0 Å². The molecule has 0 aromatic heterocycles. The van der Waals surface area contributed by atoms with Crippen LogP contribution in [0.3, 0.4) is 0 Å². The SMILES string of the molecule is FC(F)(F)SC1=CCNc2ccccc21. The third kappa shape index (κ3) is 2.47. The molecule has 1 aromatic carbocycles. The summed E-state index contributed by atoms with van der Waals surface area (Å²) in [5, 5.41) is 3.02. The second-order valence-corrected chi connectivity index (χ2v) is 4.15. The largest absolute Gasteiger partial charge is 0.446 e. The Hall–Kier alpha value is -1.10. The Morgan fingerprint density at radius 2 is 1.93 bits per heavy atom. The van der Waals surface area contributed by atoms with Gasteiger partial charge < -0.3 is 5.32 Å². The standard InChI is InChI=1S/C10H8F3NS/c11-10(12,13)15-9-5-6-14-8-4-2-1-3-7(8)9/h1-5,14H,6H2. The zero-order valence-electron chi connectivity index (χ0n) is 7.64. The molecule has 1 aliphatic heterocycles. The normalized spacial score (nSPS) is 15.3. The summed E-state index contributed by atoms with van der Waals surface area (Å²) in [5.41, 5.74) is -2.85. The summed E-state index contributed by atoms with van der Waals surface area (Å²) >= 11 is -0.0585. The van der Waals surface area contributed by atoms with Crippen molar-refractivity contribution >= 4 is 22.4 Å². The number of alkyl halides is 3. The Kier molecular flexibility index (Phi) is 2.65. The minimum atomic E-state index is -4.23. The molecule has 2 rings (SSSR count). The van der Waals surface area contributed by atoms with E-state index in [2.05, 4.69) is 5.32 Å². The predicted octanol–water partition coefficient (Wildman–Crippen LogP) is 3.71. The second kappa shape index (κ2) is 3.81. The van der Waals surface area contributed by atoms with E-state index >= 15 is 0 Å². The number of fused-ring (bicyclic) bond motifs is 1.